The molecule has 0 aliphatic heterocycles. The van der Waals surface area contributed by atoms with Crippen molar-refractivity contribution >= 4 is 17.9 Å². The molecule has 0 aliphatic rings. The van der Waals surface area contributed by atoms with Gasteiger partial charge in [0, 0.05) is 22.4 Å². The highest BCUT2D eigenvalue weighted by molar-refractivity contribution is 5.89. The fourth-order valence-electron chi connectivity index (χ4n) is 1.83. The number of ether oxygens (including phenoxy) is 1. The predicted octanol–water partition coefficient (Wildman–Crippen LogP) is 3.32. The number of hydrogen-bond acceptors (Lipinski definition) is 3. The Balaban J connectivity index is 2.17. The van der Waals surface area contributed by atoms with E-state index in [-0.39, 0.29) is 5.97 Å². The molecule has 0 heterocycles. The molecule has 0 atom stereocenters. The first-order valence-electron chi connectivity index (χ1n) is 6.77. The Bertz CT molecular complexity index is 643. The maximum Gasteiger partial charge on any atom is 0.338 e. The summed E-state index contributed by atoms with van der Waals surface area (Å²) in [5.41, 5.74) is 3.08. The summed E-state index contributed by atoms with van der Waals surface area (Å²) in [6.45, 7) is 4.11. The number of aryl methyl sites for hydroxylation is 1. The minimum Gasteiger partial charge on any atom is -0.462 e. The number of hydrogen-bond donors (Lipinski definition) is 1. The van der Waals surface area contributed by atoms with Gasteiger partial charge in [-0.1, -0.05) is 17.7 Å². The average molecular weight is 284 g/mol. The molecule has 0 bridgehead atoms. The minimum absolute atomic E-state index is 0.341. The zero-order valence-electron chi connectivity index (χ0n) is 12.1. The van der Waals surface area contributed by atoms with Crippen LogP contribution < -0.4 is 0 Å². The number of carbonyl (C=O) groups is 1. The van der Waals surface area contributed by atoms with E-state index in [9.17, 15) is 10.0 Å². The zero-order chi connectivity index (χ0) is 15.2. The number of carbonyl (C=O) groups excluding carboxylic acids is 1. The third-order valence-electron chi connectivity index (χ3n) is 2.99. The fraction of sp³-hybridized carbons (Fsp3) is 0.176. The maximum atomic E-state index is 11.5. The Morgan fingerprint density at radius 2 is 1.76 bits per heavy atom. The first-order valence-corrected chi connectivity index (χ1v) is 6.77. The summed E-state index contributed by atoms with van der Waals surface area (Å²) in [6, 6.07) is 14.4. The van der Waals surface area contributed by atoms with E-state index in [0.29, 0.717) is 17.9 Å². The highest BCUT2D eigenvalue weighted by Crippen LogP contribution is 2.13. The smallest absolute Gasteiger partial charge is 0.338 e. The SMILES string of the molecule is CCOC(=O)c1ccc([N+](O)=Cc2ccc(C)cc2)cc1. The van der Waals surface area contributed by atoms with Gasteiger partial charge in [0.15, 0.2) is 0 Å². The second-order valence-electron chi connectivity index (χ2n) is 4.65. The van der Waals surface area contributed by atoms with Gasteiger partial charge in [-0.15, -0.1) is 0 Å². The lowest BCUT2D eigenvalue weighted by Gasteiger charge is -2.00. The van der Waals surface area contributed by atoms with E-state index in [1.807, 2.05) is 31.2 Å². The van der Waals surface area contributed by atoms with Crippen molar-refractivity contribution in [2.75, 3.05) is 6.61 Å². The monoisotopic (exact) mass is 284 g/mol. The van der Waals surface area contributed by atoms with Gasteiger partial charge in [-0.25, -0.2) is 4.79 Å². The third-order valence-corrected chi connectivity index (χ3v) is 2.99. The molecule has 0 saturated carbocycles. The second-order valence-corrected chi connectivity index (χ2v) is 4.65. The molecule has 108 valence electrons. The molecule has 0 saturated heterocycles. The lowest BCUT2D eigenvalue weighted by atomic mass is 10.2. The van der Waals surface area contributed by atoms with Crippen molar-refractivity contribution in [3.8, 4) is 0 Å². The Labute approximate surface area is 123 Å². The van der Waals surface area contributed by atoms with Gasteiger partial charge in [0.1, 0.15) is 0 Å². The third kappa shape index (κ3) is 3.92. The van der Waals surface area contributed by atoms with E-state index in [1.165, 1.54) is 0 Å². The second kappa shape index (κ2) is 6.70. The molecule has 0 aromatic heterocycles. The standard InChI is InChI=1S/C17H18NO3/c1-3-21-17(19)15-8-10-16(11-9-15)18(20)12-14-6-4-13(2)5-7-14/h4-12,20H,3H2,1-2H3/q+1. The Morgan fingerprint density at radius 3 is 2.33 bits per heavy atom. The van der Waals surface area contributed by atoms with Crippen molar-refractivity contribution in [1.82, 2.24) is 0 Å². The number of nitrogens with zero attached hydrogens (tertiary/aromatic N) is 1. The summed E-state index contributed by atoms with van der Waals surface area (Å²) in [4.78, 5) is 11.5. The van der Waals surface area contributed by atoms with Crippen LogP contribution in [0.15, 0.2) is 48.5 Å². The van der Waals surface area contributed by atoms with Gasteiger partial charge in [0.2, 0.25) is 6.21 Å². The van der Waals surface area contributed by atoms with Crippen LogP contribution in [0.4, 0.5) is 5.69 Å². The van der Waals surface area contributed by atoms with Crippen LogP contribution in [-0.2, 0) is 4.74 Å². The van der Waals surface area contributed by atoms with Gasteiger partial charge in [0.05, 0.1) is 12.2 Å². The van der Waals surface area contributed by atoms with Crippen molar-refractivity contribution in [1.29, 1.82) is 0 Å². The van der Waals surface area contributed by atoms with Gasteiger partial charge in [0.25, 0.3) is 5.69 Å². The highest BCUT2D eigenvalue weighted by atomic mass is 16.5. The molecular weight excluding hydrogens is 266 g/mol. The molecule has 0 fully saturated rings. The average Bonchev–Trinajstić information content (AvgIpc) is 2.50. The molecule has 0 unspecified atom stereocenters. The lowest BCUT2D eigenvalue weighted by Crippen LogP contribution is -2.05. The van der Waals surface area contributed by atoms with E-state index >= 15 is 0 Å². The topological polar surface area (TPSA) is 49.5 Å². The molecule has 2 aromatic rings. The molecule has 0 spiro atoms. The first-order chi connectivity index (χ1) is 10.1. The van der Waals surface area contributed by atoms with E-state index in [2.05, 4.69) is 0 Å². The van der Waals surface area contributed by atoms with Crippen LogP contribution in [0, 0.1) is 6.92 Å². The van der Waals surface area contributed by atoms with E-state index in [4.69, 9.17) is 4.74 Å². The number of rotatable bonds is 4. The van der Waals surface area contributed by atoms with E-state index in [1.54, 1.807) is 37.4 Å². The van der Waals surface area contributed by atoms with Crippen LogP contribution in [0.1, 0.15) is 28.4 Å². The van der Waals surface area contributed by atoms with Crippen LogP contribution >= 0.6 is 0 Å². The number of esters is 1. The molecule has 0 aliphatic carbocycles. The van der Waals surface area contributed by atoms with Gasteiger partial charge < -0.3 is 4.74 Å². The van der Waals surface area contributed by atoms with Crippen molar-refractivity contribution < 1.29 is 19.5 Å². The molecule has 21 heavy (non-hydrogen) atoms. The fourth-order valence-corrected chi connectivity index (χ4v) is 1.83. The molecule has 2 rings (SSSR count). The molecule has 4 nitrogen and oxygen atoms in total. The van der Waals surface area contributed by atoms with Crippen LogP contribution in [0.5, 0.6) is 0 Å². The number of benzene rings is 2. The zero-order valence-corrected chi connectivity index (χ0v) is 12.1. The van der Waals surface area contributed by atoms with Crippen LogP contribution in [0.2, 0.25) is 0 Å². The van der Waals surface area contributed by atoms with Gasteiger partial charge in [-0.05, 0) is 38.1 Å². The quantitative estimate of drug-likeness (QED) is 0.308. The highest BCUT2D eigenvalue weighted by Gasteiger charge is 2.11. The van der Waals surface area contributed by atoms with Crippen molar-refractivity contribution in [3.05, 3.63) is 65.2 Å². The van der Waals surface area contributed by atoms with Gasteiger partial charge in [-0.2, -0.15) is 0 Å². The Morgan fingerprint density at radius 1 is 1.14 bits per heavy atom. The molecule has 1 N–H and O–H groups in total. The summed E-state index contributed by atoms with van der Waals surface area (Å²) in [7, 11) is 0. The molecule has 0 amide bonds. The summed E-state index contributed by atoms with van der Waals surface area (Å²) >= 11 is 0. The molecule has 2 aromatic carbocycles. The van der Waals surface area contributed by atoms with Crippen molar-refractivity contribution in [3.63, 3.8) is 0 Å². The molecular formula is C17H18NO3+. The summed E-state index contributed by atoms with van der Waals surface area (Å²) in [5.74, 6) is -0.365. The van der Waals surface area contributed by atoms with E-state index < -0.39 is 0 Å². The molecule has 0 radical (unpaired) electrons. The first kappa shape index (κ1) is 14.8. The lowest BCUT2D eigenvalue weighted by molar-refractivity contribution is -0.709. The summed E-state index contributed by atoms with van der Waals surface area (Å²) < 4.78 is 5.94. The Hall–Kier alpha value is -2.62. The normalized spacial score (nSPS) is 11.2. The molecule has 4 heteroatoms. The predicted molar refractivity (Wildman–Crippen MR) is 80.5 cm³/mol. The van der Waals surface area contributed by atoms with Crippen molar-refractivity contribution in [2.24, 2.45) is 0 Å². The largest absolute Gasteiger partial charge is 0.462 e. The van der Waals surface area contributed by atoms with Crippen LogP contribution in [-0.4, -0.2) is 28.7 Å². The maximum absolute atomic E-state index is 11.5. The van der Waals surface area contributed by atoms with E-state index in [0.717, 1.165) is 15.9 Å². The van der Waals surface area contributed by atoms with Crippen LogP contribution in [0.3, 0.4) is 0 Å². The van der Waals surface area contributed by atoms with Crippen LogP contribution in [0.25, 0.3) is 0 Å². The van der Waals surface area contributed by atoms with Crippen molar-refractivity contribution in [2.45, 2.75) is 13.8 Å². The van der Waals surface area contributed by atoms with Gasteiger partial charge in [-0.3, -0.25) is 5.21 Å². The van der Waals surface area contributed by atoms with Gasteiger partial charge >= 0.3 is 5.97 Å². The Kier molecular flexibility index (Phi) is 4.72. The summed E-state index contributed by atoms with van der Waals surface area (Å²) in [6.07, 6.45) is 1.61. The summed E-state index contributed by atoms with van der Waals surface area (Å²) in [5, 5.41) is 10.0. The minimum atomic E-state index is -0.365.